The highest BCUT2D eigenvalue weighted by Gasteiger charge is 2.33. The fraction of sp³-hybridized carbons (Fsp3) is 0.562. The number of hydrogen-bond donors (Lipinski definition) is 1. The van der Waals surface area contributed by atoms with E-state index in [2.05, 4.69) is 5.32 Å². The largest absolute Gasteiger partial charge is 0.355 e. The van der Waals surface area contributed by atoms with Crippen molar-refractivity contribution in [3.05, 3.63) is 29.3 Å². The van der Waals surface area contributed by atoms with Crippen LogP contribution in [0.15, 0.2) is 29.2 Å². The molecule has 1 atom stereocenters. The molecule has 1 amide bonds. The van der Waals surface area contributed by atoms with E-state index >= 15 is 0 Å². The van der Waals surface area contributed by atoms with Crippen LogP contribution in [-0.2, 0) is 15.0 Å². The summed E-state index contributed by atoms with van der Waals surface area (Å²) in [4.78, 5) is 13.4. The van der Waals surface area contributed by atoms with Gasteiger partial charge >= 0.3 is 0 Å². The molecule has 1 aliphatic rings. The maximum atomic E-state index is 12.3. The van der Waals surface area contributed by atoms with E-state index in [1.165, 1.54) is 22.7 Å². The zero-order valence-electron chi connectivity index (χ0n) is 14.4. The first kappa shape index (κ1) is 20.5. The lowest BCUT2D eigenvalue weighted by atomic mass is 9.99. The first-order valence-electron chi connectivity index (χ1n) is 8.14. The highest BCUT2D eigenvalue weighted by atomic mass is 35.5. The van der Waals surface area contributed by atoms with Gasteiger partial charge in [0.1, 0.15) is 0 Å². The van der Waals surface area contributed by atoms with Gasteiger partial charge in [0.25, 0.3) is 10.2 Å². The molecule has 0 bridgehead atoms. The van der Waals surface area contributed by atoms with Crippen LogP contribution in [0.3, 0.4) is 0 Å². The van der Waals surface area contributed by atoms with E-state index in [0.717, 1.165) is 17.1 Å². The maximum Gasteiger partial charge on any atom is 0.281 e. The molecule has 0 radical (unpaired) electrons. The third kappa shape index (κ3) is 5.86. The Morgan fingerprint density at radius 1 is 1.36 bits per heavy atom. The third-order valence-corrected chi connectivity index (χ3v) is 7.20. The summed E-state index contributed by atoms with van der Waals surface area (Å²) in [6.07, 6.45) is 1.42. The van der Waals surface area contributed by atoms with Crippen LogP contribution in [0.1, 0.15) is 12.8 Å². The Balaban J connectivity index is 1.77. The molecular formula is C16H24ClN3O3S2. The highest BCUT2D eigenvalue weighted by Crippen LogP contribution is 2.21. The monoisotopic (exact) mass is 405 g/mol. The molecule has 0 aromatic heterocycles. The first-order valence-corrected chi connectivity index (χ1v) is 10.9. The Bertz CT molecular complexity index is 680. The van der Waals surface area contributed by atoms with Gasteiger partial charge in [-0.25, -0.2) is 0 Å². The molecule has 6 nitrogen and oxygen atoms in total. The summed E-state index contributed by atoms with van der Waals surface area (Å²) < 4.78 is 27.0. The van der Waals surface area contributed by atoms with E-state index in [4.69, 9.17) is 11.6 Å². The summed E-state index contributed by atoms with van der Waals surface area (Å²) in [7, 11) is -0.445. The number of rotatable bonds is 7. The standard InChI is InChI=1S/C16H24ClN3O3S2/c1-19(2)25(22,23)20-10-3-4-13(12-20)16(21)18-9-11-24-15-7-5-14(17)6-8-15/h5-8,13H,3-4,9-12H2,1-2H3,(H,18,21). The number of thioether (sulfide) groups is 1. The van der Waals surface area contributed by atoms with Crippen molar-refractivity contribution in [3.63, 3.8) is 0 Å². The van der Waals surface area contributed by atoms with Crippen LogP contribution in [0.4, 0.5) is 0 Å². The number of nitrogens with zero attached hydrogens (tertiary/aromatic N) is 2. The third-order valence-electron chi connectivity index (χ3n) is 4.03. The van der Waals surface area contributed by atoms with Crippen molar-refractivity contribution in [2.45, 2.75) is 17.7 Å². The second kappa shape index (κ2) is 9.23. The van der Waals surface area contributed by atoms with Crippen LogP contribution < -0.4 is 5.32 Å². The molecule has 9 heteroatoms. The maximum absolute atomic E-state index is 12.3. The molecule has 2 rings (SSSR count). The minimum atomic E-state index is -3.46. The molecule has 1 heterocycles. The number of hydrogen-bond acceptors (Lipinski definition) is 4. The number of benzene rings is 1. The van der Waals surface area contributed by atoms with E-state index in [9.17, 15) is 13.2 Å². The van der Waals surface area contributed by atoms with E-state index in [1.54, 1.807) is 11.8 Å². The lowest BCUT2D eigenvalue weighted by Crippen LogP contribution is -2.49. The second-order valence-corrected chi connectivity index (χ2v) is 9.83. The summed E-state index contributed by atoms with van der Waals surface area (Å²) in [6.45, 7) is 1.26. The van der Waals surface area contributed by atoms with E-state index < -0.39 is 10.2 Å². The van der Waals surface area contributed by atoms with Gasteiger partial charge in [-0.1, -0.05) is 11.6 Å². The number of carbonyl (C=O) groups excluding carboxylic acids is 1. The normalized spacial score (nSPS) is 19.1. The van der Waals surface area contributed by atoms with Crippen molar-refractivity contribution >= 4 is 39.5 Å². The van der Waals surface area contributed by atoms with Crippen molar-refractivity contribution in [1.29, 1.82) is 0 Å². The smallest absolute Gasteiger partial charge is 0.281 e. The van der Waals surface area contributed by atoms with Crippen molar-refractivity contribution in [2.24, 2.45) is 5.92 Å². The molecule has 1 fully saturated rings. The lowest BCUT2D eigenvalue weighted by molar-refractivity contribution is -0.125. The van der Waals surface area contributed by atoms with Crippen LogP contribution in [-0.4, -0.2) is 62.4 Å². The van der Waals surface area contributed by atoms with E-state index in [0.29, 0.717) is 24.5 Å². The number of halogens is 1. The van der Waals surface area contributed by atoms with Crippen LogP contribution >= 0.6 is 23.4 Å². The number of nitrogens with one attached hydrogen (secondary N) is 1. The van der Waals surface area contributed by atoms with Gasteiger partial charge < -0.3 is 5.32 Å². The zero-order valence-corrected chi connectivity index (χ0v) is 16.8. The molecule has 0 aliphatic carbocycles. The fourth-order valence-electron chi connectivity index (χ4n) is 2.62. The number of carbonyl (C=O) groups is 1. The molecule has 140 valence electrons. The number of piperidine rings is 1. The Hall–Kier alpha value is -0.800. The van der Waals surface area contributed by atoms with Crippen LogP contribution in [0.2, 0.25) is 5.02 Å². The van der Waals surface area contributed by atoms with E-state index in [1.807, 2.05) is 24.3 Å². The SMILES string of the molecule is CN(C)S(=O)(=O)N1CCCC(C(=O)NCCSc2ccc(Cl)cc2)C1. The lowest BCUT2D eigenvalue weighted by Gasteiger charge is -2.32. The Morgan fingerprint density at radius 3 is 2.68 bits per heavy atom. The van der Waals surface area contributed by atoms with Gasteiger partial charge in [-0.05, 0) is 37.1 Å². The Labute approximate surface area is 159 Å². The second-order valence-electron chi connectivity index (χ2n) is 6.08. The highest BCUT2D eigenvalue weighted by molar-refractivity contribution is 7.99. The molecule has 1 N–H and O–H groups in total. The minimum Gasteiger partial charge on any atom is -0.355 e. The van der Waals surface area contributed by atoms with Crippen LogP contribution in [0.5, 0.6) is 0 Å². The van der Waals surface area contributed by atoms with Crippen LogP contribution in [0.25, 0.3) is 0 Å². The van der Waals surface area contributed by atoms with Crippen molar-refractivity contribution in [3.8, 4) is 0 Å². The minimum absolute atomic E-state index is 0.0737. The molecule has 1 unspecified atom stereocenters. The predicted octanol–water partition coefficient (Wildman–Crippen LogP) is 2.07. The zero-order chi connectivity index (χ0) is 18.4. The Kier molecular flexibility index (Phi) is 7.57. The van der Waals surface area contributed by atoms with Crippen molar-refractivity contribution in [2.75, 3.05) is 39.5 Å². The van der Waals surface area contributed by atoms with Gasteiger partial charge in [0.15, 0.2) is 0 Å². The van der Waals surface area contributed by atoms with Crippen molar-refractivity contribution in [1.82, 2.24) is 13.9 Å². The first-order chi connectivity index (χ1) is 11.8. The quantitative estimate of drug-likeness (QED) is 0.557. The topological polar surface area (TPSA) is 69.7 Å². The molecule has 0 spiro atoms. The van der Waals surface area contributed by atoms with Gasteiger partial charge in [-0.15, -0.1) is 11.8 Å². The fourth-order valence-corrected chi connectivity index (χ4v) is 4.70. The molecule has 1 saturated heterocycles. The molecule has 0 saturated carbocycles. The summed E-state index contributed by atoms with van der Waals surface area (Å²) in [6, 6.07) is 7.56. The van der Waals surface area contributed by atoms with Gasteiger partial charge in [0.2, 0.25) is 5.91 Å². The number of amides is 1. The molecule has 25 heavy (non-hydrogen) atoms. The van der Waals surface area contributed by atoms with Gasteiger partial charge in [0, 0.05) is 49.4 Å². The average Bonchev–Trinajstić information content (AvgIpc) is 2.60. The van der Waals surface area contributed by atoms with Crippen LogP contribution in [0, 0.1) is 5.92 Å². The predicted molar refractivity (Wildman–Crippen MR) is 102 cm³/mol. The van der Waals surface area contributed by atoms with Gasteiger partial charge in [-0.3, -0.25) is 4.79 Å². The van der Waals surface area contributed by atoms with Gasteiger partial charge in [-0.2, -0.15) is 17.0 Å². The summed E-state index contributed by atoms with van der Waals surface area (Å²) in [5, 5.41) is 3.62. The Morgan fingerprint density at radius 2 is 2.04 bits per heavy atom. The molecule has 1 aromatic rings. The molecule has 1 aromatic carbocycles. The average molecular weight is 406 g/mol. The van der Waals surface area contributed by atoms with Gasteiger partial charge in [0.05, 0.1) is 5.92 Å². The van der Waals surface area contributed by atoms with E-state index in [-0.39, 0.29) is 18.4 Å². The summed E-state index contributed by atoms with van der Waals surface area (Å²) in [5.41, 5.74) is 0. The summed E-state index contributed by atoms with van der Waals surface area (Å²) >= 11 is 7.49. The molecule has 1 aliphatic heterocycles. The van der Waals surface area contributed by atoms with Crippen molar-refractivity contribution < 1.29 is 13.2 Å². The summed E-state index contributed by atoms with van der Waals surface area (Å²) in [5.74, 6) is 0.388. The molecular weight excluding hydrogens is 382 g/mol.